The number of aromatic nitrogens is 4. The second kappa shape index (κ2) is 8.92. The van der Waals surface area contributed by atoms with Crippen LogP contribution < -0.4 is 5.32 Å². The Kier molecular flexibility index (Phi) is 5.51. The van der Waals surface area contributed by atoms with Crippen LogP contribution in [0.2, 0.25) is 0 Å². The molecule has 5 aromatic rings. The van der Waals surface area contributed by atoms with Crippen molar-refractivity contribution in [2.45, 2.75) is 6.54 Å². The molecule has 0 atom stereocenters. The number of para-hydroxylation sites is 1. The van der Waals surface area contributed by atoms with E-state index in [0.717, 1.165) is 16.8 Å². The van der Waals surface area contributed by atoms with Gasteiger partial charge in [-0.2, -0.15) is 10.2 Å². The van der Waals surface area contributed by atoms with Gasteiger partial charge in [0.2, 0.25) is 0 Å². The fourth-order valence-electron chi connectivity index (χ4n) is 3.60. The average molecular weight is 437 g/mol. The Morgan fingerprint density at radius 1 is 0.909 bits per heavy atom. The van der Waals surface area contributed by atoms with E-state index >= 15 is 0 Å². The summed E-state index contributed by atoms with van der Waals surface area (Å²) in [5, 5.41) is 11.9. The van der Waals surface area contributed by atoms with Crippen molar-refractivity contribution in [1.82, 2.24) is 19.6 Å². The molecule has 6 nitrogen and oxygen atoms in total. The number of anilines is 1. The van der Waals surface area contributed by atoms with Crippen molar-refractivity contribution in [2.24, 2.45) is 0 Å². The van der Waals surface area contributed by atoms with Gasteiger partial charge in [-0.05, 0) is 29.8 Å². The lowest BCUT2D eigenvalue weighted by molar-refractivity contribution is 0.102. The van der Waals surface area contributed by atoms with Gasteiger partial charge in [0.15, 0.2) is 0 Å². The average Bonchev–Trinajstić information content (AvgIpc) is 3.48. The molecule has 0 spiro atoms. The first kappa shape index (κ1) is 20.4. The van der Waals surface area contributed by atoms with E-state index in [9.17, 15) is 9.18 Å². The van der Waals surface area contributed by atoms with Crippen LogP contribution in [0.1, 0.15) is 15.9 Å². The number of amides is 1. The molecule has 0 fully saturated rings. The normalized spacial score (nSPS) is 10.8. The number of carbonyl (C=O) groups excluding carboxylic acids is 1. The van der Waals surface area contributed by atoms with Crippen LogP contribution in [0, 0.1) is 5.82 Å². The lowest BCUT2D eigenvalue weighted by Gasteiger charge is -2.04. The standard InChI is InChI=1S/C26H20FN5O/c27-21-11-7-8-19(14-21)16-31-17-22(15-28-31)29-26(33)24-18-32(23-12-5-2-6-13-23)30-25(24)20-9-3-1-4-10-20/h1-15,17-18H,16H2,(H,29,33). The summed E-state index contributed by atoms with van der Waals surface area (Å²) in [6, 6.07) is 25.6. The first-order valence-electron chi connectivity index (χ1n) is 10.4. The van der Waals surface area contributed by atoms with Gasteiger partial charge in [-0.15, -0.1) is 0 Å². The van der Waals surface area contributed by atoms with Gasteiger partial charge < -0.3 is 5.32 Å². The third kappa shape index (κ3) is 4.57. The molecule has 1 N–H and O–H groups in total. The van der Waals surface area contributed by atoms with Gasteiger partial charge in [0.25, 0.3) is 5.91 Å². The SMILES string of the molecule is O=C(Nc1cnn(Cc2cccc(F)c2)c1)c1cn(-c2ccccc2)nc1-c1ccccc1. The van der Waals surface area contributed by atoms with Crippen LogP contribution in [0.25, 0.3) is 16.9 Å². The molecule has 2 aromatic heterocycles. The topological polar surface area (TPSA) is 64.7 Å². The summed E-state index contributed by atoms with van der Waals surface area (Å²) >= 11 is 0. The first-order valence-corrected chi connectivity index (χ1v) is 10.4. The molecule has 2 heterocycles. The van der Waals surface area contributed by atoms with Crippen molar-refractivity contribution in [3.8, 4) is 16.9 Å². The molecule has 1 amide bonds. The molecule has 3 aromatic carbocycles. The predicted octanol–water partition coefficient (Wildman–Crippen LogP) is 5.18. The maximum Gasteiger partial charge on any atom is 0.259 e. The molecule has 7 heteroatoms. The number of nitrogens with zero attached hydrogens (tertiary/aromatic N) is 4. The quantitative estimate of drug-likeness (QED) is 0.398. The maximum atomic E-state index is 13.4. The first-order chi connectivity index (χ1) is 16.2. The van der Waals surface area contributed by atoms with Crippen LogP contribution >= 0.6 is 0 Å². The zero-order valence-corrected chi connectivity index (χ0v) is 17.6. The predicted molar refractivity (Wildman–Crippen MR) is 125 cm³/mol. The molecule has 5 rings (SSSR count). The minimum atomic E-state index is -0.294. The van der Waals surface area contributed by atoms with Crippen molar-refractivity contribution in [2.75, 3.05) is 5.32 Å². The number of carbonyl (C=O) groups is 1. The van der Waals surface area contributed by atoms with Crippen molar-refractivity contribution < 1.29 is 9.18 Å². The number of rotatable bonds is 6. The third-order valence-corrected chi connectivity index (χ3v) is 5.15. The third-order valence-electron chi connectivity index (χ3n) is 5.15. The smallest absolute Gasteiger partial charge is 0.259 e. The van der Waals surface area contributed by atoms with Crippen LogP contribution in [-0.4, -0.2) is 25.5 Å². The largest absolute Gasteiger partial charge is 0.319 e. The van der Waals surface area contributed by atoms with Crippen LogP contribution in [0.15, 0.2) is 104 Å². The second-order valence-electron chi connectivity index (χ2n) is 7.55. The van der Waals surface area contributed by atoms with Crippen molar-refractivity contribution in [3.05, 3.63) is 120 Å². The second-order valence-corrected chi connectivity index (χ2v) is 7.55. The highest BCUT2D eigenvalue weighted by atomic mass is 19.1. The Hall–Kier alpha value is -4.52. The highest BCUT2D eigenvalue weighted by Gasteiger charge is 2.19. The number of hydrogen-bond donors (Lipinski definition) is 1. The zero-order chi connectivity index (χ0) is 22.6. The van der Waals surface area contributed by atoms with E-state index in [1.54, 1.807) is 34.0 Å². The molecule has 0 radical (unpaired) electrons. The van der Waals surface area contributed by atoms with Gasteiger partial charge >= 0.3 is 0 Å². The summed E-state index contributed by atoms with van der Waals surface area (Å²) in [5.74, 6) is -0.585. The van der Waals surface area contributed by atoms with E-state index in [4.69, 9.17) is 0 Å². The number of nitrogens with one attached hydrogen (secondary N) is 1. The fraction of sp³-hybridized carbons (Fsp3) is 0.0385. The van der Waals surface area contributed by atoms with Gasteiger partial charge in [-0.1, -0.05) is 60.7 Å². The Bertz CT molecular complexity index is 1390. The van der Waals surface area contributed by atoms with Crippen LogP contribution in [0.3, 0.4) is 0 Å². The molecule has 162 valence electrons. The van der Waals surface area contributed by atoms with Crippen molar-refractivity contribution in [1.29, 1.82) is 0 Å². The summed E-state index contributed by atoms with van der Waals surface area (Å²) in [4.78, 5) is 13.2. The summed E-state index contributed by atoms with van der Waals surface area (Å²) in [6.07, 6.45) is 5.01. The molecule has 0 bridgehead atoms. The van der Waals surface area contributed by atoms with Crippen LogP contribution in [0.4, 0.5) is 10.1 Å². The zero-order valence-electron chi connectivity index (χ0n) is 17.6. The van der Waals surface area contributed by atoms with E-state index in [0.29, 0.717) is 23.5 Å². The van der Waals surface area contributed by atoms with Gasteiger partial charge in [-0.25, -0.2) is 9.07 Å². The molecule has 0 aliphatic rings. The lowest BCUT2D eigenvalue weighted by Crippen LogP contribution is -2.12. The van der Waals surface area contributed by atoms with Crippen LogP contribution in [0.5, 0.6) is 0 Å². The summed E-state index contributed by atoms with van der Waals surface area (Å²) in [5.41, 5.74) is 4.07. The van der Waals surface area contributed by atoms with Gasteiger partial charge in [0.05, 0.1) is 29.7 Å². The molecular weight excluding hydrogens is 417 g/mol. The Labute approximate surface area is 189 Å². The van der Waals surface area contributed by atoms with Crippen molar-refractivity contribution >= 4 is 11.6 Å². The van der Waals surface area contributed by atoms with Crippen molar-refractivity contribution in [3.63, 3.8) is 0 Å². The summed E-state index contributed by atoms with van der Waals surface area (Å²) in [7, 11) is 0. The molecule has 0 aliphatic heterocycles. The van der Waals surface area contributed by atoms with E-state index in [-0.39, 0.29) is 11.7 Å². The molecular formula is C26H20FN5O. The Morgan fingerprint density at radius 3 is 2.42 bits per heavy atom. The number of benzene rings is 3. The monoisotopic (exact) mass is 437 g/mol. The van der Waals surface area contributed by atoms with Gasteiger partial charge in [-0.3, -0.25) is 9.48 Å². The van der Waals surface area contributed by atoms with Gasteiger partial charge in [0.1, 0.15) is 11.5 Å². The molecule has 33 heavy (non-hydrogen) atoms. The minimum Gasteiger partial charge on any atom is -0.319 e. The Morgan fingerprint density at radius 2 is 1.67 bits per heavy atom. The molecule has 0 aliphatic carbocycles. The van der Waals surface area contributed by atoms with Gasteiger partial charge in [0, 0.05) is 18.0 Å². The molecule has 0 saturated heterocycles. The van der Waals surface area contributed by atoms with E-state index in [2.05, 4.69) is 15.5 Å². The van der Waals surface area contributed by atoms with E-state index < -0.39 is 0 Å². The molecule has 0 unspecified atom stereocenters. The highest BCUT2D eigenvalue weighted by molar-refractivity contribution is 6.08. The highest BCUT2D eigenvalue weighted by Crippen LogP contribution is 2.24. The van der Waals surface area contributed by atoms with Crippen LogP contribution in [-0.2, 0) is 6.54 Å². The Balaban J connectivity index is 1.41. The number of hydrogen-bond acceptors (Lipinski definition) is 3. The summed E-state index contributed by atoms with van der Waals surface area (Å²) < 4.78 is 16.8. The lowest BCUT2D eigenvalue weighted by atomic mass is 10.1. The maximum absolute atomic E-state index is 13.4. The van der Waals surface area contributed by atoms with E-state index in [1.807, 2.05) is 66.7 Å². The number of halogens is 1. The molecule has 0 saturated carbocycles. The fourth-order valence-corrected chi connectivity index (χ4v) is 3.60. The minimum absolute atomic E-state index is 0.290. The summed E-state index contributed by atoms with van der Waals surface area (Å²) in [6.45, 7) is 0.398. The van der Waals surface area contributed by atoms with E-state index in [1.165, 1.54) is 12.1 Å².